The minimum absolute atomic E-state index is 0. The van der Waals surface area contributed by atoms with Gasteiger partial charge in [0.15, 0.2) is 23.9 Å². The van der Waals surface area contributed by atoms with Crippen molar-refractivity contribution in [1.82, 2.24) is 58.6 Å². The van der Waals surface area contributed by atoms with Crippen LogP contribution in [-0.2, 0) is 67.1 Å². The Hall–Kier alpha value is -12.1. The van der Waals surface area contributed by atoms with Crippen molar-refractivity contribution in [3.8, 4) is 34.1 Å². The van der Waals surface area contributed by atoms with E-state index < -0.39 is 0 Å². The van der Waals surface area contributed by atoms with E-state index in [1.54, 1.807) is 24.9 Å². The quantitative estimate of drug-likeness (QED) is 0.0465. The summed E-state index contributed by atoms with van der Waals surface area (Å²) in [6, 6.07) is 87.2. The summed E-state index contributed by atoms with van der Waals surface area (Å²) in [6.07, 6.45) is 23.9. The molecular weight excluding hydrogens is 2280 g/mol. The van der Waals surface area contributed by atoms with Crippen molar-refractivity contribution >= 4 is 99.0 Å². The van der Waals surface area contributed by atoms with Crippen molar-refractivity contribution in [2.75, 3.05) is 0 Å². The maximum Gasteiger partial charge on any atom is 0.271 e. The first-order valence-corrected chi connectivity index (χ1v) is 49.5. The molecule has 0 saturated heterocycles. The summed E-state index contributed by atoms with van der Waals surface area (Å²) in [4.78, 5) is 41.2. The van der Waals surface area contributed by atoms with Gasteiger partial charge in [0.25, 0.3) is 6.33 Å². The van der Waals surface area contributed by atoms with Crippen LogP contribution < -0.4 is 28.7 Å². The van der Waals surface area contributed by atoms with Gasteiger partial charge in [-0.05, 0) is 176 Å². The van der Waals surface area contributed by atoms with Crippen LogP contribution >= 0.6 is 0 Å². The molecule has 735 valence electrons. The Kier molecular flexibility index (Phi) is 35.2. The third-order valence-corrected chi connectivity index (χ3v) is 26.3. The average molecular weight is 2410 g/mol. The van der Waals surface area contributed by atoms with E-state index in [1.165, 1.54) is 128 Å². The molecule has 0 amide bonds. The van der Waals surface area contributed by atoms with Crippen LogP contribution in [0.3, 0.4) is 0 Å². The average Bonchev–Trinajstić information content (AvgIpc) is 1.60. The van der Waals surface area contributed by atoms with E-state index in [9.17, 15) is 0 Å². The van der Waals surface area contributed by atoms with E-state index in [-0.39, 0.29) is 67.1 Å². The van der Waals surface area contributed by atoms with Gasteiger partial charge in [-0.1, -0.05) is 409 Å². The van der Waals surface area contributed by atoms with Gasteiger partial charge in [0.05, 0.1) is 29.3 Å². The van der Waals surface area contributed by atoms with Gasteiger partial charge in [-0.2, -0.15) is 9.97 Å². The van der Waals surface area contributed by atoms with E-state index in [1.807, 2.05) is 73.2 Å². The number of imidazole rings is 3. The molecule has 21 aromatic rings. The fraction of sp³-hybridized carbons (Fsp3) is 0.293. The van der Waals surface area contributed by atoms with E-state index in [4.69, 9.17) is 19.9 Å². The van der Waals surface area contributed by atoms with Crippen LogP contribution in [0, 0.1) is 19.0 Å². The first-order chi connectivity index (χ1) is 66.5. The van der Waals surface area contributed by atoms with Gasteiger partial charge in [0, 0.05) is 108 Å². The molecule has 10 heterocycles. The zero-order chi connectivity index (χ0) is 97.6. The molecule has 0 N–H and O–H groups in total. The number of aromatic nitrogens is 15. The number of rotatable bonds is 18. The minimum Gasteiger partial charge on any atom is -0.657 e. The maximum atomic E-state index is 4.86. The molecule has 3 radical (unpaired) electrons. The fourth-order valence-corrected chi connectivity index (χ4v) is 19.3. The summed E-state index contributed by atoms with van der Waals surface area (Å²) in [5.41, 5.74) is 35.0. The predicted octanol–water partition coefficient (Wildman–Crippen LogP) is 29.8. The van der Waals surface area contributed by atoms with Gasteiger partial charge in [-0.15, -0.1) is 33.1 Å². The van der Waals surface area contributed by atoms with Crippen molar-refractivity contribution in [3.05, 3.63) is 378 Å². The van der Waals surface area contributed by atoms with Gasteiger partial charge in [-0.3, -0.25) is 28.2 Å². The monoisotopic (exact) mass is 2410 g/mol. The van der Waals surface area contributed by atoms with Crippen LogP contribution in [0.2, 0.25) is 0 Å². The second kappa shape index (κ2) is 46.8. The molecule has 141 heavy (non-hydrogen) atoms. The van der Waals surface area contributed by atoms with Gasteiger partial charge < -0.3 is 24.1 Å². The molecule has 11 aromatic carbocycles. The van der Waals surface area contributed by atoms with Gasteiger partial charge in [0.1, 0.15) is 18.0 Å². The Morgan fingerprint density at radius 2 is 0.504 bits per heavy atom. The number of hydrogen-bond donors (Lipinski definition) is 0. The predicted molar refractivity (Wildman–Crippen MR) is 571 cm³/mol. The fourth-order valence-electron chi connectivity index (χ4n) is 19.3. The summed E-state index contributed by atoms with van der Waals surface area (Å²) in [6.45, 7) is 54.2. The minimum atomic E-state index is 0. The van der Waals surface area contributed by atoms with Crippen LogP contribution in [0.5, 0.6) is 0 Å². The van der Waals surface area contributed by atoms with E-state index in [0.717, 1.165) is 72.1 Å². The maximum absolute atomic E-state index is 4.86. The number of para-hydroxylation sites is 11. The standard InChI is InChI=1S/C30H37N3.2C29H36N4.2C12H8N.C11H7N2.3Au/c1-19(2)23-12-9-13-24(20(3)4)28(23)32-18-33(30-27(32)16-11-17-31-30)29-25(21(5)6)14-10-15-26(29)22(7)8;1-18(2)22-11-9-12-23(19(3)4)27(22)32-17-33(29-26(32)15-30-16-31-29)28-24(20(5)6)13-10-14-25(28)21(7)8;1-18(2)22-11-9-12-23(19(3)4)26(22)32-17-33(29-28(32)30-15-16-31-29)27-24(20(5)6)13-10-14-25(27)21(7)8;2*1-3-7-11-9(5-1)10-6-2-4-8-12(10)13-11;1-2-4-10-8(3-1)9-7-12-6-5-11(9)13-10;;;/h9-17,19-22H,1-8H3;2*9-16,18-21H,1-8H3;2*1-8H;1-7H;;;/q;;;3*-1;;;. The first-order valence-electron chi connectivity index (χ1n) is 49.5. The number of fused-ring (bicyclic) bond motifs is 12. The Bertz CT molecular complexity index is 6530. The normalized spacial score (nSPS) is 11.6. The molecule has 0 aliphatic carbocycles. The van der Waals surface area contributed by atoms with Crippen LogP contribution in [0.25, 0.3) is 133 Å². The first kappa shape index (κ1) is 106. The van der Waals surface area contributed by atoms with Gasteiger partial charge in [-0.25, -0.2) is 9.97 Å². The number of pyridine rings is 2. The number of benzene rings is 11. The Labute approximate surface area is 880 Å². The molecule has 0 aliphatic heterocycles. The van der Waals surface area contributed by atoms with E-state index >= 15 is 0 Å². The van der Waals surface area contributed by atoms with Crippen molar-refractivity contribution in [2.24, 2.45) is 0 Å². The summed E-state index contributed by atoms with van der Waals surface area (Å²) < 4.78 is 13.1. The second-order valence-corrected chi connectivity index (χ2v) is 40.0. The number of nitrogens with zero attached hydrogens (tertiary/aromatic N) is 15. The zero-order valence-corrected chi connectivity index (χ0v) is 92.3. The molecular formula is C123H132Au3N15-3. The van der Waals surface area contributed by atoms with Crippen LogP contribution in [0.1, 0.15) is 304 Å². The molecule has 0 spiro atoms. The van der Waals surface area contributed by atoms with Crippen molar-refractivity contribution in [2.45, 2.75) is 237 Å². The summed E-state index contributed by atoms with van der Waals surface area (Å²) >= 11 is 0. The molecule has 0 unspecified atom stereocenters. The SMILES string of the molecule is CC(C)c1cccc(C(C)C)c1-n1[c-][n+](-c2c(C(C)C)cccc2C(C)C)c2cncnc21.CC(C)c1cccc(C(C)C)c1-n1[c-][n+](-c2c(C(C)C)cccc2C(C)C)c2ncccc21.CC(C)c1cccc(C(C)C)c1-n1[c-][n+](-c2c(C(C)C)cccc2C(C)C)c2nccnc21.[Au].[Au].[Au].c1ccc2c(c1)[n-]c1ccccc12.c1ccc2c(c1)[n-]c1ccccc12.c1ccc2c(c1)[n-]c1ccncc12. The molecule has 0 bridgehead atoms. The Morgan fingerprint density at radius 3 is 0.858 bits per heavy atom. The number of hydrogen-bond acceptors (Lipinski definition) is 6. The molecule has 18 heteroatoms. The third kappa shape index (κ3) is 22.1. The smallest absolute Gasteiger partial charge is 0.271 e. The van der Waals surface area contributed by atoms with Gasteiger partial charge >= 0.3 is 0 Å². The Balaban J connectivity index is 0.000000148. The summed E-state index contributed by atoms with van der Waals surface area (Å²) in [5.74, 6) is 4.66. The van der Waals surface area contributed by atoms with Crippen LogP contribution in [0.15, 0.2) is 292 Å². The molecule has 0 aliphatic rings. The van der Waals surface area contributed by atoms with Crippen molar-refractivity contribution < 1.29 is 80.8 Å². The van der Waals surface area contributed by atoms with Crippen LogP contribution in [-0.4, -0.2) is 43.6 Å². The van der Waals surface area contributed by atoms with Crippen LogP contribution in [0.4, 0.5) is 0 Å². The topological polar surface area (TPSA) is 146 Å². The molecule has 10 aromatic heterocycles. The van der Waals surface area contributed by atoms with Crippen molar-refractivity contribution in [3.63, 3.8) is 0 Å². The Morgan fingerprint density at radius 1 is 0.227 bits per heavy atom. The van der Waals surface area contributed by atoms with E-state index in [0.29, 0.717) is 71.0 Å². The zero-order valence-electron chi connectivity index (χ0n) is 85.8. The summed E-state index contributed by atoms with van der Waals surface area (Å²) in [5, 5.41) is 7.32. The second-order valence-electron chi connectivity index (χ2n) is 40.0. The molecule has 21 rings (SSSR count). The van der Waals surface area contributed by atoms with E-state index in [2.05, 4.69) is 432 Å². The molecule has 0 atom stereocenters. The third-order valence-electron chi connectivity index (χ3n) is 26.3. The molecule has 0 saturated carbocycles. The van der Waals surface area contributed by atoms with Gasteiger partial charge in [0.2, 0.25) is 11.3 Å². The van der Waals surface area contributed by atoms with Crippen molar-refractivity contribution in [1.29, 1.82) is 0 Å². The largest absolute Gasteiger partial charge is 0.657 e. The summed E-state index contributed by atoms with van der Waals surface area (Å²) in [7, 11) is 0. The molecule has 15 nitrogen and oxygen atoms in total. The molecule has 0 fully saturated rings.